The minimum atomic E-state index is -0.550. The van der Waals surface area contributed by atoms with Crippen molar-refractivity contribution >= 4 is 51.7 Å². The van der Waals surface area contributed by atoms with E-state index in [2.05, 4.69) is 0 Å². The van der Waals surface area contributed by atoms with E-state index in [9.17, 15) is 19.3 Å². The third kappa shape index (κ3) is 3.94. The molecule has 0 saturated carbocycles. The van der Waals surface area contributed by atoms with E-state index in [0.29, 0.717) is 17.1 Å². The van der Waals surface area contributed by atoms with Crippen LogP contribution in [-0.2, 0) is 4.79 Å². The first kappa shape index (κ1) is 20.8. The zero-order valence-electron chi connectivity index (χ0n) is 15.9. The molecule has 0 atom stereocenters. The van der Waals surface area contributed by atoms with Crippen molar-refractivity contribution in [3.63, 3.8) is 0 Å². The Morgan fingerprint density at radius 2 is 2.00 bits per heavy atom. The second kappa shape index (κ2) is 8.32. The average molecular weight is 456 g/mol. The number of methoxy groups -OCH3 is 1. The predicted octanol–water partition coefficient (Wildman–Crippen LogP) is 5.41. The first-order chi connectivity index (χ1) is 14.9. The van der Waals surface area contributed by atoms with Crippen molar-refractivity contribution in [1.29, 1.82) is 0 Å². The molecule has 1 fully saturated rings. The topological polar surface area (TPSA) is 85.8 Å². The molecule has 31 heavy (non-hydrogen) atoms. The number of thioether (sulfide) groups is 1. The van der Waals surface area contributed by atoms with E-state index < -0.39 is 16.6 Å². The molecule has 156 valence electrons. The van der Waals surface area contributed by atoms with Crippen molar-refractivity contribution in [2.24, 2.45) is 0 Å². The van der Waals surface area contributed by atoms with Gasteiger partial charge in [-0.1, -0.05) is 36.1 Å². The highest BCUT2D eigenvalue weighted by Crippen LogP contribution is 2.38. The maximum atomic E-state index is 14.1. The third-order valence-electron chi connectivity index (χ3n) is 4.45. The summed E-state index contributed by atoms with van der Waals surface area (Å²) in [5, 5.41) is 11.0. The normalized spacial score (nSPS) is 15.0. The lowest BCUT2D eigenvalue weighted by Gasteiger charge is -2.14. The van der Waals surface area contributed by atoms with Crippen LogP contribution in [0.4, 0.5) is 15.8 Å². The van der Waals surface area contributed by atoms with E-state index in [1.165, 1.54) is 49.6 Å². The van der Waals surface area contributed by atoms with Crippen molar-refractivity contribution in [2.75, 3.05) is 12.0 Å². The summed E-state index contributed by atoms with van der Waals surface area (Å²) in [7, 11) is 1.40. The Kier molecular flexibility index (Phi) is 5.57. The van der Waals surface area contributed by atoms with Crippen LogP contribution in [0.25, 0.3) is 17.4 Å². The molecule has 0 bridgehead atoms. The SMILES string of the molecule is COc1cc([N+](=O)[O-])ccc1-c1ccc(/C=C2\SC(=S)N(c3ccccc3F)C2=O)o1. The highest BCUT2D eigenvalue weighted by molar-refractivity contribution is 8.27. The molecule has 0 N–H and O–H groups in total. The van der Waals surface area contributed by atoms with Gasteiger partial charge in [-0.05, 0) is 30.3 Å². The van der Waals surface area contributed by atoms with Crippen LogP contribution in [0, 0.1) is 15.9 Å². The number of ether oxygens (including phenoxy) is 1. The molecular formula is C21H13FN2O5S2. The summed E-state index contributed by atoms with van der Waals surface area (Å²) in [5.74, 6) is 0.0459. The molecule has 0 aliphatic carbocycles. The maximum absolute atomic E-state index is 14.1. The standard InChI is InChI=1S/C21H13FN2O5S2/c1-28-18-10-12(24(26)27)6-8-14(18)17-9-7-13(29-17)11-19-20(25)23(21(30)31-19)16-5-3-2-4-15(16)22/h2-11H,1H3/b19-11-. The van der Waals surface area contributed by atoms with E-state index in [0.717, 1.165) is 16.7 Å². The summed E-state index contributed by atoms with van der Waals surface area (Å²) in [6.45, 7) is 0. The highest BCUT2D eigenvalue weighted by Gasteiger charge is 2.35. The zero-order valence-corrected chi connectivity index (χ0v) is 17.5. The van der Waals surface area contributed by atoms with Crippen molar-refractivity contribution in [1.82, 2.24) is 0 Å². The highest BCUT2D eigenvalue weighted by atomic mass is 32.2. The molecule has 10 heteroatoms. The van der Waals surface area contributed by atoms with Crippen molar-refractivity contribution in [3.8, 4) is 17.1 Å². The number of halogens is 1. The monoisotopic (exact) mass is 456 g/mol. The fourth-order valence-electron chi connectivity index (χ4n) is 3.01. The number of hydrogen-bond acceptors (Lipinski definition) is 7. The number of benzene rings is 2. The number of furan rings is 1. The minimum absolute atomic E-state index is 0.0872. The number of para-hydroxylation sites is 1. The fourth-order valence-corrected chi connectivity index (χ4v) is 4.27. The number of non-ortho nitro benzene ring substituents is 1. The van der Waals surface area contributed by atoms with Gasteiger partial charge in [0.05, 0.1) is 34.3 Å². The van der Waals surface area contributed by atoms with E-state index in [-0.39, 0.29) is 26.3 Å². The second-order valence-electron chi connectivity index (χ2n) is 6.31. The van der Waals surface area contributed by atoms with Crippen LogP contribution < -0.4 is 9.64 Å². The first-order valence-electron chi connectivity index (χ1n) is 8.84. The van der Waals surface area contributed by atoms with Gasteiger partial charge in [0.2, 0.25) is 0 Å². The van der Waals surface area contributed by atoms with E-state index in [1.54, 1.807) is 18.2 Å². The molecule has 1 aliphatic heterocycles. The number of nitro benzene ring substituents is 1. The zero-order chi connectivity index (χ0) is 22.1. The van der Waals surface area contributed by atoms with Gasteiger partial charge in [0.15, 0.2) is 4.32 Å². The molecule has 3 aromatic rings. The second-order valence-corrected chi connectivity index (χ2v) is 7.99. The quantitative estimate of drug-likeness (QED) is 0.220. The van der Waals surface area contributed by atoms with Crippen LogP contribution in [0.5, 0.6) is 5.75 Å². The molecule has 1 amide bonds. The summed E-state index contributed by atoms with van der Waals surface area (Å²) < 4.78 is 25.4. The molecule has 0 unspecified atom stereocenters. The van der Waals surface area contributed by atoms with Crippen LogP contribution >= 0.6 is 24.0 Å². The molecule has 1 aromatic heterocycles. The fraction of sp³-hybridized carbons (Fsp3) is 0.0476. The summed E-state index contributed by atoms with van der Waals surface area (Å²) in [6.07, 6.45) is 1.52. The molecule has 2 aromatic carbocycles. The van der Waals surface area contributed by atoms with E-state index in [4.69, 9.17) is 21.4 Å². The number of anilines is 1. The molecule has 0 radical (unpaired) electrons. The molecule has 4 rings (SSSR count). The van der Waals surface area contributed by atoms with Gasteiger partial charge >= 0.3 is 0 Å². The smallest absolute Gasteiger partial charge is 0.273 e. The number of nitrogens with zero attached hydrogens (tertiary/aromatic N) is 2. The van der Waals surface area contributed by atoms with Crippen molar-refractivity contribution in [2.45, 2.75) is 0 Å². The Balaban J connectivity index is 1.64. The number of rotatable bonds is 5. The van der Waals surface area contributed by atoms with Gasteiger partial charge in [-0.25, -0.2) is 4.39 Å². The van der Waals surface area contributed by atoms with Gasteiger partial charge in [0, 0.05) is 12.1 Å². The van der Waals surface area contributed by atoms with Gasteiger partial charge in [0.25, 0.3) is 11.6 Å². The molecule has 2 heterocycles. The number of hydrogen-bond donors (Lipinski definition) is 0. The van der Waals surface area contributed by atoms with Gasteiger partial charge in [-0.3, -0.25) is 19.8 Å². The van der Waals surface area contributed by atoms with Crippen LogP contribution in [0.3, 0.4) is 0 Å². The number of carbonyl (C=O) groups excluding carboxylic acids is 1. The van der Waals surface area contributed by atoms with E-state index in [1.807, 2.05) is 0 Å². The third-order valence-corrected chi connectivity index (χ3v) is 5.75. The Labute approximate surface area is 185 Å². The van der Waals surface area contributed by atoms with Crippen LogP contribution in [0.1, 0.15) is 5.76 Å². The molecule has 1 aliphatic rings. The Morgan fingerprint density at radius 1 is 1.23 bits per heavy atom. The van der Waals surface area contributed by atoms with Gasteiger partial charge in [-0.15, -0.1) is 0 Å². The lowest BCUT2D eigenvalue weighted by molar-refractivity contribution is -0.384. The van der Waals surface area contributed by atoms with Crippen LogP contribution in [0.15, 0.2) is 63.9 Å². The Hall–Kier alpha value is -3.50. The van der Waals surface area contributed by atoms with Crippen LogP contribution in [-0.4, -0.2) is 22.3 Å². The minimum Gasteiger partial charge on any atom is -0.496 e. The first-order valence-corrected chi connectivity index (χ1v) is 10.1. The summed E-state index contributed by atoms with van der Waals surface area (Å²) in [4.78, 5) is 24.7. The van der Waals surface area contributed by atoms with Crippen LogP contribution in [0.2, 0.25) is 0 Å². The van der Waals surface area contributed by atoms with Gasteiger partial charge < -0.3 is 9.15 Å². The number of thiocarbonyl (C=S) groups is 1. The number of carbonyl (C=O) groups is 1. The molecule has 7 nitrogen and oxygen atoms in total. The summed E-state index contributed by atoms with van der Waals surface area (Å²) >= 11 is 6.30. The Bertz CT molecular complexity index is 1250. The lowest BCUT2D eigenvalue weighted by atomic mass is 10.1. The average Bonchev–Trinajstić information content (AvgIpc) is 3.32. The largest absolute Gasteiger partial charge is 0.496 e. The Morgan fingerprint density at radius 3 is 2.71 bits per heavy atom. The maximum Gasteiger partial charge on any atom is 0.273 e. The van der Waals surface area contributed by atoms with Crippen molar-refractivity contribution < 1.29 is 23.3 Å². The summed E-state index contributed by atoms with van der Waals surface area (Å²) in [5.41, 5.74) is 0.500. The van der Waals surface area contributed by atoms with Gasteiger partial charge in [-0.2, -0.15) is 0 Å². The van der Waals surface area contributed by atoms with E-state index >= 15 is 0 Å². The number of nitro groups is 1. The lowest BCUT2D eigenvalue weighted by Crippen LogP contribution is -2.28. The number of amides is 1. The predicted molar refractivity (Wildman–Crippen MR) is 119 cm³/mol. The molecule has 1 saturated heterocycles. The van der Waals surface area contributed by atoms with Gasteiger partial charge in [0.1, 0.15) is 23.1 Å². The summed E-state index contributed by atoms with van der Waals surface area (Å²) in [6, 6.07) is 13.4. The van der Waals surface area contributed by atoms with Crippen molar-refractivity contribution in [3.05, 3.63) is 81.2 Å². The molecule has 0 spiro atoms. The molecular weight excluding hydrogens is 443 g/mol.